The van der Waals surface area contributed by atoms with E-state index in [1.54, 1.807) is 12.1 Å². The zero-order valence-electron chi connectivity index (χ0n) is 19.7. The van der Waals surface area contributed by atoms with Crippen molar-refractivity contribution < 1.29 is 9.59 Å². The van der Waals surface area contributed by atoms with Crippen molar-refractivity contribution in [2.75, 3.05) is 11.1 Å². The summed E-state index contributed by atoms with van der Waals surface area (Å²) in [5, 5.41) is 16.0. The summed E-state index contributed by atoms with van der Waals surface area (Å²) in [7, 11) is 0. The summed E-state index contributed by atoms with van der Waals surface area (Å²) >= 11 is 16.9. The van der Waals surface area contributed by atoms with Gasteiger partial charge in [-0.05, 0) is 61.7 Å². The molecule has 3 rings (SSSR count). The van der Waals surface area contributed by atoms with Gasteiger partial charge in [0.05, 0.1) is 22.4 Å². The first-order valence-corrected chi connectivity index (χ1v) is 13.5. The lowest BCUT2D eigenvalue weighted by molar-refractivity contribution is -0.113. The molecule has 1 unspecified atom stereocenters. The number of carbonyl (C=O) groups is 2. The van der Waals surface area contributed by atoms with Crippen molar-refractivity contribution in [2.45, 2.75) is 45.4 Å². The monoisotopic (exact) mass is 597 g/mol. The lowest BCUT2D eigenvalue weighted by atomic mass is 10.0. The summed E-state index contributed by atoms with van der Waals surface area (Å²) in [5.41, 5.74) is 2.06. The van der Waals surface area contributed by atoms with Gasteiger partial charge in [0.1, 0.15) is 0 Å². The maximum absolute atomic E-state index is 13.0. The van der Waals surface area contributed by atoms with Gasteiger partial charge in [0.15, 0.2) is 11.0 Å². The Balaban J connectivity index is 1.73. The minimum Gasteiger partial charge on any atom is -0.342 e. The highest BCUT2D eigenvalue weighted by Crippen LogP contribution is 2.27. The quantitative estimate of drug-likeness (QED) is 0.273. The minimum atomic E-state index is -0.407. The molecule has 0 saturated carbocycles. The molecular formula is C24H26BrCl2N5O2S. The molecule has 0 radical (unpaired) electrons. The number of thioether (sulfide) groups is 1. The molecule has 1 heterocycles. The maximum atomic E-state index is 13.0. The number of halogens is 3. The van der Waals surface area contributed by atoms with Gasteiger partial charge in [-0.2, -0.15) is 0 Å². The van der Waals surface area contributed by atoms with Gasteiger partial charge in [-0.15, -0.1) is 10.2 Å². The average molecular weight is 599 g/mol. The van der Waals surface area contributed by atoms with Crippen molar-refractivity contribution in [3.63, 3.8) is 0 Å². The molecule has 2 amide bonds. The molecule has 35 heavy (non-hydrogen) atoms. The van der Waals surface area contributed by atoms with E-state index in [4.69, 9.17) is 23.2 Å². The van der Waals surface area contributed by atoms with Crippen molar-refractivity contribution in [3.05, 3.63) is 67.9 Å². The van der Waals surface area contributed by atoms with E-state index < -0.39 is 6.04 Å². The summed E-state index contributed by atoms with van der Waals surface area (Å²) in [4.78, 5) is 25.5. The Hall–Kier alpha value is -2.07. The van der Waals surface area contributed by atoms with Gasteiger partial charge >= 0.3 is 0 Å². The summed E-state index contributed by atoms with van der Waals surface area (Å²) in [6, 6.07) is 10.0. The molecule has 1 atom stereocenters. The molecule has 11 heteroatoms. The minimum absolute atomic E-state index is 0.0288. The number of aromatic nitrogens is 3. The van der Waals surface area contributed by atoms with Gasteiger partial charge in [-0.25, -0.2) is 0 Å². The third-order valence-corrected chi connectivity index (χ3v) is 7.27. The van der Waals surface area contributed by atoms with E-state index in [-0.39, 0.29) is 28.5 Å². The number of anilines is 1. The average Bonchev–Trinajstić information content (AvgIpc) is 3.20. The van der Waals surface area contributed by atoms with Crippen LogP contribution in [0.2, 0.25) is 10.0 Å². The van der Waals surface area contributed by atoms with E-state index in [0.29, 0.717) is 28.1 Å². The second-order valence-electron chi connectivity index (χ2n) is 8.20. The zero-order chi connectivity index (χ0) is 25.7. The molecule has 1 aromatic heterocycles. The fourth-order valence-electron chi connectivity index (χ4n) is 3.44. The summed E-state index contributed by atoms with van der Waals surface area (Å²) in [6.07, 6.45) is 0. The van der Waals surface area contributed by atoms with Crippen LogP contribution in [0.5, 0.6) is 0 Å². The number of benzene rings is 2. The number of nitrogens with one attached hydrogen (secondary N) is 2. The number of amides is 2. The highest BCUT2D eigenvalue weighted by atomic mass is 79.9. The van der Waals surface area contributed by atoms with E-state index in [9.17, 15) is 9.59 Å². The number of carbonyl (C=O) groups excluding carboxylic acids is 2. The summed E-state index contributed by atoms with van der Waals surface area (Å²) in [6.45, 7) is 8.47. The Bertz CT molecular complexity index is 1230. The van der Waals surface area contributed by atoms with Crippen molar-refractivity contribution in [1.29, 1.82) is 0 Å². The first-order valence-electron chi connectivity index (χ1n) is 11.0. The van der Waals surface area contributed by atoms with Gasteiger partial charge < -0.3 is 15.2 Å². The summed E-state index contributed by atoms with van der Waals surface area (Å²) < 4.78 is 2.87. The van der Waals surface area contributed by atoms with Crippen molar-refractivity contribution >= 4 is 68.4 Å². The highest BCUT2D eigenvalue weighted by Gasteiger charge is 2.27. The van der Waals surface area contributed by atoms with Crippen LogP contribution in [0, 0.1) is 12.8 Å². The first-order chi connectivity index (χ1) is 16.6. The van der Waals surface area contributed by atoms with E-state index in [2.05, 4.69) is 36.8 Å². The van der Waals surface area contributed by atoms with Gasteiger partial charge in [-0.3, -0.25) is 9.59 Å². The number of hydrogen-bond acceptors (Lipinski definition) is 5. The Morgan fingerprint density at radius 1 is 1.14 bits per heavy atom. The van der Waals surface area contributed by atoms with Crippen molar-refractivity contribution in [2.24, 2.45) is 5.92 Å². The maximum Gasteiger partial charge on any atom is 0.253 e. The van der Waals surface area contributed by atoms with Gasteiger partial charge in [0.2, 0.25) is 5.91 Å². The van der Waals surface area contributed by atoms with E-state index >= 15 is 0 Å². The zero-order valence-corrected chi connectivity index (χ0v) is 23.6. The van der Waals surface area contributed by atoms with Gasteiger partial charge in [0, 0.05) is 21.7 Å². The van der Waals surface area contributed by atoms with Crippen LogP contribution in [0.4, 0.5) is 5.69 Å². The van der Waals surface area contributed by atoms with E-state index in [0.717, 1.165) is 15.7 Å². The SMILES string of the molecule is CCn1c(SCC(=O)Nc2ccc(Br)cc2C)nnc1C(NC(=O)c1ccc(Cl)cc1Cl)C(C)C. The number of rotatable bonds is 9. The van der Waals surface area contributed by atoms with E-state index in [1.807, 2.05) is 50.5 Å². The van der Waals surface area contributed by atoms with Crippen LogP contribution in [-0.2, 0) is 11.3 Å². The van der Waals surface area contributed by atoms with Crippen LogP contribution in [0.1, 0.15) is 48.6 Å². The smallest absolute Gasteiger partial charge is 0.253 e. The van der Waals surface area contributed by atoms with Gasteiger partial charge in [-0.1, -0.05) is 64.7 Å². The fraction of sp³-hybridized carbons (Fsp3) is 0.333. The lowest BCUT2D eigenvalue weighted by Gasteiger charge is -2.22. The normalized spacial score (nSPS) is 12.0. The Morgan fingerprint density at radius 3 is 2.51 bits per heavy atom. The molecular weight excluding hydrogens is 573 g/mol. The molecule has 0 spiro atoms. The molecule has 0 saturated heterocycles. The van der Waals surface area contributed by atoms with Gasteiger partial charge in [0.25, 0.3) is 5.91 Å². The predicted octanol–water partition coefficient (Wildman–Crippen LogP) is 6.53. The fourth-order valence-corrected chi connectivity index (χ4v) is 5.22. The standard InChI is InChI=1S/C24H26BrCl2N5O2S/c1-5-32-22(21(13(2)3)29-23(34)17-8-7-16(26)11-18(17)27)30-31-24(32)35-12-20(33)28-19-9-6-15(25)10-14(19)4/h6-11,13,21H,5,12H2,1-4H3,(H,28,33)(H,29,34). The highest BCUT2D eigenvalue weighted by molar-refractivity contribution is 9.10. The van der Waals surface area contributed by atoms with Crippen LogP contribution in [0.3, 0.4) is 0 Å². The Morgan fingerprint density at radius 2 is 1.89 bits per heavy atom. The molecule has 186 valence electrons. The molecule has 0 aliphatic heterocycles. The second-order valence-corrected chi connectivity index (χ2v) is 10.9. The van der Waals surface area contributed by atoms with Crippen molar-refractivity contribution in [1.82, 2.24) is 20.1 Å². The lowest BCUT2D eigenvalue weighted by Crippen LogP contribution is -2.34. The molecule has 3 aromatic rings. The Labute approximate surface area is 227 Å². The number of hydrogen-bond donors (Lipinski definition) is 2. The third-order valence-electron chi connectivity index (χ3n) is 5.26. The van der Waals surface area contributed by atoms with Crippen LogP contribution in [-0.4, -0.2) is 32.3 Å². The largest absolute Gasteiger partial charge is 0.342 e. The molecule has 0 aliphatic rings. The first kappa shape index (κ1) is 27.5. The van der Waals surface area contributed by atoms with Crippen LogP contribution in [0.25, 0.3) is 0 Å². The molecule has 2 aromatic carbocycles. The van der Waals surface area contributed by atoms with Crippen LogP contribution >= 0.6 is 50.9 Å². The van der Waals surface area contributed by atoms with Crippen LogP contribution < -0.4 is 10.6 Å². The molecule has 7 nitrogen and oxygen atoms in total. The second kappa shape index (κ2) is 12.3. The molecule has 0 aliphatic carbocycles. The Kier molecular flexibility index (Phi) is 9.63. The summed E-state index contributed by atoms with van der Waals surface area (Å²) in [5.74, 6) is 0.356. The topological polar surface area (TPSA) is 88.9 Å². The van der Waals surface area contributed by atoms with Crippen molar-refractivity contribution in [3.8, 4) is 0 Å². The molecule has 0 fully saturated rings. The third kappa shape index (κ3) is 7.00. The van der Waals surface area contributed by atoms with Crippen LogP contribution in [0.15, 0.2) is 46.0 Å². The molecule has 0 bridgehead atoms. The predicted molar refractivity (Wildman–Crippen MR) is 145 cm³/mol. The number of nitrogens with zero attached hydrogens (tertiary/aromatic N) is 3. The molecule has 2 N–H and O–H groups in total. The number of aryl methyl sites for hydroxylation is 1. The van der Waals surface area contributed by atoms with E-state index in [1.165, 1.54) is 17.8 Å².